The van der Waals surface area contributed by atoms with Gasteiger partial charge >= 0.3 is 0 Å². The minimum atomic E-state index is -0.0832. The van der Waals surface area contributed by atoms with E-state index in [0.29, 0.717) is 55.8 Å². The number of allylic oxidation sites excluding steroid dienone is 2. The average molecular weight is 423 g/mol. The van der Waals surface area contributed by atoms with Crippen LogP contribution in [-0.4, -0.2) is 58.9 Å². The standard InChI is InChI=1S/C24H30N4O3/c29-22(27-10-12-31-13-11-27)14-19-16-28-20(6-1-7-21(28)26-19)23(30)25-17-24-8-2-4-18(15-24)5-3-9-24/h1-2,4,6-7,16,18H,3,5,8-15,17H2,(H,25,30). The fourth-order valence-corrected chi connectivity index (χ4v) is 5.36. The van der Waals surface area contributed by atoms with Crippen LogP contribution in [0.3, 0.4) is 0 Å². The Kier molecular flexibility index (Phi) is 5.52. The molecule has 2 atom stereocenters. The maximum absolute atomic E-state index is 13.1. The number of nitrogens with one attached hydrogen (secondary N) is 1. The minimum Gasteiger partial charge on any atom is -0.378 e. The number of amides is 2. The summed E-state index contributed by atoms with van der Waals surface area (Å²) in [5.74, 6) is 0.636. The molecule has 1 saturated carbocycles. The molecule has 2 aromatic rings. The maximum Gasteiger partial charge on any atom is 0.268 e. The average Bonchev–Trinajstić information content (AvgIpc) is 3.20. The van der Waals surface area contributed by atoms with Crippen LogP contribution in [0.5, 0.6) is 0 Å². The van der Waals surface area contributed by atoms with E-state index < -0.39 is 0 Å². The molecule has 1 saturated heterocycles. The molecule has 1 aliphatic heterocycles. The number of morpholine rings is 1. The molecule has 2 unspecified atom stereocenters. The number of imidazole rings is 1. The molecule has 2 amide bonds. The largest absolute Gasteiger partial charge is 0.378 e. The van der Waals surface area contributed by atoms with Crippen molar-refractivity contribution in [3.05, 3.63) is 47.9 Å². The maximum atomic E-state index is 13.1. The number of rotatable bonds is 5. The van der Waals surface area contributed by atoms with E-state index in [4.69, 9.17) is 4.74 Å². The van der Waals surface area contributed by atoms with Gasteiger partial charge in [0.1, 0.15) is 11.3 Å². The molecule has 2 fully saturated rings. The number of hydrogen-bond donors (Lipinski definition) is 1. The third-order valence-electron chi connectivity index (χ3n) is 7.03. The molecule has 3 aliphatic rings. The molecule has 3 heterocycles. The quantitative estimate of drug-likeness (QED) is 0.752. The number of nitrogens with zero attached hydrogens (tertiary/aromatic N) is 3. The fourth-order valence-electron chi connectivity index (χ4n) is 5.36. The molecule has 31 heavy (non-hydrogen) atoms. The summed E-state index contributed by atoms with van der Waals surface area (Å²) in [4.78, 5) is 32.0. The summed E-state index contributed by atoms with van der Waals surface area (Å²) in [7, 11) is 0. The molecule has 2 aromatic heterocycles. The van der Waals surface area contributed by atoms with Gasteiger partial charge < -0.3 is 15.0 Å². The van der Waals surface area contributed by atoms with E-state index in [1.807, 2.05) is 29.3 Å². The van der Waals surface area contributed by atoms with E-state index in [1.54, 1.807) is 4.40 Å². The van der Waals surface area contributed by atoms with Crippen molar-refractivity contribution in [3.8, 4) is 0 Å². The molecule has 0 radical (unpaired) electrons. The van der Waals surface area contributed by atoms with E-state index in [2.05, 4.69) is 22.5 Å². The highest BCUT2D eigenvalue weighted by atomic mass is 16.5. The number of hydrogen-bond acceptors (Lipinski definition) is 4. The van der Waals surface area contributed by atoms with Crippen molar-refractivity contribution >= 4 is 17.5 Å². The summed E-state index contributed by atoms with van der Waals surface area (Å²) in [6.07, 6.45) is 12.6. The van der Waals surface area contributed by atoms with Crippen molar-refractivity contribution < 1.29 is 14.3 Å². The highest BCUT2D eigenvalue weighted by Gasteiger charge is 2.37. The lowest BCUT2D eigenvalue weighted by atomic mass is 9.65. The lowest BCUT2D eigenvalue weighted by Crippen LogP contribution is -2.42. The molecule has 164 valence electrons. The molecule has 0 aromatic carbocycles. The van der Waals surface area contributed by atoms with Crippen LogP contribution >= 0.6 is 0 Å². The van der Waals surface area contributed by atoms with E-state index in [0.717, 1.165) is 6.42 Å². The van der Waals surface area contributed by atoms with Crippen molar-refractivity contribution in [2.75, 3.05) is 32.8 Å². The van der Waals surface area contributed by atoms with Gasteiger partial charge in [0.05, 0.1) is 25.3 Å². The van der Waals surface area contributed by atoms with Crippen LogP contribution in [0.15, 0.2) is 36.5 Å². The van der Waals surface area contributed by atoms with Crippen LogP contribution in [0.4, 0.5) is 0 Å². The van der Waals surface area contributed by atoms with Crippen LogP contribution in [0.1, 0.15) is 48.3 Å². The predicted octanol–water partition coefficient (Wildman–Crippen LogP) is 2.60. The summed E-state index contributed by atoms with van der Waals surface area (Å²) in [5.41, 5.74) is 2.13. The summed E-state index contributed by atoms with van der Waals surface area (Å²) >= 11 is 0. The molecular formula is C24H30N4O3. The number of pyridine rings is 1. The first kappa shape index (κ1) is 20.2. The third-order valence-corrected chi connectivity index (χ3v) is 7.03. The number of fused-ring (bicyclic) bond motifs is 3. The molecular weight excluding hydrogens is 392 g/mol. The number of ether oxygens (including phenoxy) is 1. The summed E-state index contributed by atoms with van der Waals surface area (Å²) in [6.45, 7) is 3.12. The SMILES string of the molecule is O=C(NCC12CC=CC(CCC1)C2)c1cccc2nc(CC(=O)N3CCOCC3)cn12. The van der Waals surface area contributed by atoms with Gasteiger partial charge in [-0.25, -0.2) is 4.98 Å². The third kappa shape index (κ3) is 4.24. The first-order chi connectivity index (χ1) is 15.1. The van der Waals surface area contributed by atoms with Gasteiger partial charge in [0.2, 0.25) is 5.91 Å². The Labute approximate surface area is 182 Å². The Morgan fingerprint density at radius 3 is 3.00 bits per heavy atom. The van der Waals surface area contributed by atoms with Crippen LogP contribution in [0.2, 0.25) is 0 Å². The van der Waals surface area contributed by atoms with Gasteiger partial charge in [-0.05, 0) is 49.1 Å². The highest BCUT2D eigenvalue weighted by Crippen LogP contribution is 2.45. The van der Waals surface area contributed by atoms with Crippen molar-refractivity contribution in [1.29, 1.82) is 0 Å². The van der Waals surface area contributed by atoms with Crippen molar-refractivity contribution in [2.45, 2.75) is 38.5 Å². The van der Waals surface area contributed by atoms with Crippen LogP contribution in [-0.2, 0) is 16.0 Å². The second-order valence-corrected chi connectivity index (χ2v) is 9.21. The Morgan fingerprint density at radius 1 is 1.26 bits per heavy atom. The van der Waals surface area contributed by atoms with Crippen molar-refractivity contribution in [1.82, 2.24) is 19.6 Å². The fraction of sp³-hybridized carbons (Fsp3) is 0.542. The molecule has 5 rings (SSSR count). The van der Waals surface area contributed by atoms with Gasteiger partial charge in [0, 0.05) is 25.8 Å². The van der Waals surface area contributed by atoms with Crippen LogP contribution in [0, 0.1) is 11.3 Å². The first-order valence-electron chi connectivity index (χ1n) is 11.4. The molecule has 0 spiro atoms. The highest BCUT2D eigenvalue weighted by molar-refractivity contribution is 5.93. The van der Waals surface area contributed by atoms with Gasteiger partial charge in [-0.1, -0.05) is 24.6 Å². The number of carbonyl (C=O) groups is 2. The second-order valence-electron chi connectivity index (χ2n) is 9.21. The topological polar surface area (TPSA) is 75.9 Å². The Balaban J connectivity index is 1.29. The molecule has 7 heteroatoms. The van der Waals surface area contributed by atoms with E-state index >= 15 is 0 Å². The van der Waals surface area contributed by atoms with Gasteiger partial charge in [-0.15, -0.1) is 0 Å². The number of aromatic nitrogens is 2. The zero-order valence-electron chi connectivity index (χ0n) is 17.9. The van der Waals surface area contributed by atoms with Gasteiger partial charge in [-0.3, -0.25) is 14.0 Å². The smallest absolute Gasteiger partial charge is 0.268 e. The lowest BCUT2D eigenvalue weighted by Gasteiger charge is -2.42. The molecule has 7 nitrogen and oxygen atoms in total. The van der Waals surface area contributed by atoms with E-state index in [1.165, 1.54) is 25.7 Å². The second kappa shape index (κ2) is 8.46. The molecule has 1 N–H and O–H groups in total. The first-order valence-corrected chi connectivity index (χ1v) is 11.4. The van der Waals surface area contributed by atoms with Crippen molar-refractivity contribution in [3.63, 3.8) is 0 Å². The molecule has 2 aliphatic carbocycles. The zero-order chi connectivity index (χ0) is 21.3. The monoisotopic (exact) mass is 422 g/mol. The Bertz CT molecular complexity index is 1010. The summed E-state index contributed by atoms with van der Waals surface area (Å²) in [5, 5.41) is 3.20. The van der Waals surface area contributed by atoms with Gasteiger partial charge in [0.25, 0.3) is 5.91 Å². The van der Waals surface area contributed by atoms with Crippen molar-refractivity contribution in [2.24, 2.45) is 11.3 Å². The van der Waals surface area contributed by atoms with Gasteiger partial charge in [0.15, 0.2) is 0 Å². The normalized spacial score (nSPS) is 25.5. The van der Waals surface area contributed by atoms with Crippen LogP contribution < -0.4 is 5.32 Å². The van der Waals surface area contributed by atoms with Gasteiger partial charge in [-0.2, -0.15) is 0 Å². The molecule has 2 bridgehead atoms. The zero-order valence-corrected chi connectivity index (χ0v) is 17.9. The predicted molar refractivity (Wildman–Crippen MR) is 117 cm³/mol. The summed E-state index contributed by atoms with van der Waals surface area (Å²) in [6, 6.07) is 5.54. The van der Waals surface area contributed by atoms with E-state index in [9.17, 15) is 9.59 Å². The summed E-state index contributed by atoms with van der Waals surface area (Å²) < 4.78 is 7.12. The lowest BCUT2D eigenvalue weighted by molar-refractivity contribution is -0.134. The Hall–Kier alpha value is -2.67. The minimum absolute atomic E-state index is 0.0500. The Morgan fingerprint density at radius 2 is 2.13 bits per heavy atom. The van der Waals surface area contributed by atoms with E-state index in [-0.39, 0.29) is 23.7 Å². The number of carbonyl (C=O) groups excluding carboxylic acids is 2. The van der Waals surface area contributed by atoms with Crippen LogP contribution in [0.25, 0.3) is 5.65 Å².